The van der Waals surface area contributed by atoms with Crippen LogP contribution in [0, 0.1) is 0 Å². The molecule has 4 aromatic rings. The number of methoxy groups -OCH3 is 1. The van der Waals surface area contributed by atoms with Crippen molar-refractivity contribution in [1.82, 2.24) is 15.1 Å². The SMILES string of the molecule is COc1cc2c(cc1OCCN(C)C)-c1[nH]nc(-c3ccc(-c4ccc(O)cc4)cc3)c1C2. The van der Waals surface area contributed by atoms with Crippen molar-refractivity contribution < 1.29 is 14.6 Å². The fourth-order valence-corrected chi connectivity index (χ4v) is 4.26. The van der Waals surface area contributed by atoms with Gasteiger partial charge in [-0.1, -0.05) is 36.4 Å². The van der Waals surface area contributed by atoms with Crippen LogP contribution in [0.5, 0.6) is 17.2 Å². The van der Waals surface area contributed by atoms with Crippen molar-refractivity contribution in [1.29, 1.82) is 0 Å². The molecule has 1 aromatic heterocycles. The zero-order valence-corrected chi connectivity index (χ0v) is 19.1. The third-order valence-electron chi connectivity index (χ3n) is 6.05. The zero-order valence-electron chi connectivity index (χ0n) is 19.1. The third-order valence-corrected chi connectivity index (χ3v) is 6.05. The van der Waals surface area contributed by atoms with Crippen LogP contribution in [0.15, 0.2) is 60.7 Å². The second-order valence-electron chi connectivity index (χ2n) is 8.54. The molecule has 0 atom stereocenters. The molecular weight excluding hydrogens is 414 g/mol. The summed E-state index contributed by atoms with van der Waals surface area (Å²) in [6.07, 6.45) is 0.796. The minimum absolute atomic E-state index is 0.268. The lowest BCUT2D eigenvalue weighted by Gasteiger charge is -2.15. The van der Waals surface area contributed by atoms with E-state index in [4.69, 9.17) is 9.47 Å². The van der Waals surface area contributed by atoms with Crippen LogP contribution in [-0.2, 0) is 6.42 Å². The normalized spacial score (nSPS) is 12.0. The van der Waals surface area contributed by atoms with Crippen molar-refractivity contribution in [3.8, 4) is 50.9 Å². The van der Waals surface area contributed by atoms with Crippen LogP contribution in [0.4, 0.5) is 0 Å². The number of benzene rings is 3. The average molecular weight is 442 g/mol. The molecule has 6 heteroatoms. The molecule has 0 fully saturated rings. The molecule has 0 unspecified atom stereocenters. The number of nitrogens with one attached hydrogen (secondary N) is 1. The summed E-state index contributed by atoms with van der Waals surface area (Å²) >= 11 is 0. The van der Waals surface area contributed by atoms with E-state index in [9.17, 15) is 5.11 Å². The van der Waals surface area contributed by atoms with Gasteiger partial charge in [-0.05, 0) is 55.1 Å². The van der Waals surface area contributed by atoms with Crippen molar-refractivity contribution in [3.05, 3.63) is 71.8 Å². The van der Waals surface area contributed by atoms with E-state index in [1.54, 1.807) is 19.2 Å². The summed E-state index contributed by atoms with van der Waals surface area (Å²) in [5.74, 6) is 1.77. The lowest BCUT2D eigenvalue weighted by Crippen LogP contribution is -2.19. The van der Waals surface area contributed by atoms with Gasteiger partial charge in [0.25, 0.3) is 0 Å². The first kappa shape index (κ1) is 21.1. The summed E-state index contributed by atoms with van der Waals surface area (Å²) in [6.45, 7) is 1.43. The number of hydrogen-bond acceptors (Lipinski definition) is 5. The summed E-state index contributed by atoms with van der Waals surface area (Å²) in [4.78, 5) is 2.09. The maximum absolute atomic E-state index is 9.52. The number of phenols is 1. The summed E-state index contributed by atoms with van der Waals surface area (Å²) in [5.41, 5.74) is 8.75. The lowest BCUT2D eigenvalue weighted by atomic mass is 10.0. The van der Waals surface area contributed by atoms with Crippen molar-refractivity contribution in [2.45, 2.75) is 6.42 Å². The molecule has 0 amide bonds. The first-order valence-electron chi connectivity index (χ1n) is 11.0. The highest BCUT2D eigenvalue weighted by molar-refractivity contribution is 5.83. The maximum Gasteiger partial charge on any atom is 0.161 e. The third kappa shape index (κ3) is 4.05. The number of hydrogen-bond donors (Lipinski definition) is 2. The molecule has 1 aliphatic rings. The van der Waals surface area contributed by atoms with E-state index in [2.05, 4.69) is 51.5 Å². The van der Waals surface area contributed by atoms with Gasteiger partial charge in [-0.25, -0.2) is 0 Å². The molecule has 168 valence electrons. The van der Waals surface area contributed by atoms with Gasteiger partial charge < -0.3 is 19.5 Å². The quantitative estimate of drug-likeness (QED) is 0.373. The van der Waals surface area contributed by atoms with Gasteiger partial charge in [-0.3, -0.25) is 5.10 Å². The Morgan fingerprint density at radius 3 is 2.27 bits per heavy atom. The number of likely N-dealkylation sites (N-methyl/N-ethyl adjacent to an activating group) is 1. The van der Waals surface area contributed by atoms with Gasteiger partial charge in [-0.2, -0.15) is 5.10 Å². The smallest absolute Gasteiger partial charge is 0.161 e. The molecule has 1 aliphatic carbocycles. The topological polar surface area (TPSA) is 70.6 Å². The van der Waals surface area contributed by atoms with Crippen molar-refractivity contribution in [3.63, 3.8) is 0 Å². The Morgan fingerprint density at radius 1 is 0.939 bits per heavy atom. The maximum atomic E-state index is 9.52. The minimum atomic E-state index is 0.268. The first-order chi connectivity index (χ1) is 16.0. The van der Waals surface area contributed by atoms with Gasteiger partial charge in [0.1, 0.15) is 12.4 Å². The van der Waals surface area contributed by atoms with E-state index in [1.807, 2.05) is 26.2 Å². The molecule has 3 aromatic carbocycles. The molecule has 0 saturated heterocycles. The summed E-state index contributed by atoms with van der Waals surface area (Å²) < 4.78 is 11.6. The van der Waals surface area contributed by atoms with Crippen LogP contribution < -0.4 is 9.47 Å². The molecule has 0 saturated carbocycles. The van der Waals surface area contributed by atoms with Gasteiger partial charge in [0.2, 0.25) is 0 Å². The first-order valence-corrected chi connectivity index (χ1v) is 11.0. The van der Waals surface area contributed by atoms with Crippen LogP contribution in [0.3, 0.4) is 0 Å². The van der Waals surface area contributed by atoms with Gasteiger partial charge in [0.15, 0.2) is 11.5 Å². The monoisotopic (exact) mass is 441 g/mol. The number of aromatic nitrogens is 2. The number of fused-ring (bicyclic) bond motifs is 3. The van der Waals surface area contributed by atoms with Crippen LogP contribution in [0.25, 0.3) is 33.6 Å². The lowest BCUT2D eigenvalue weighted by molar-refractivity contribution is 0.251. The zero-order chi connectivity index (χ0) is 22.9. The predicted molar refractivity (Wildman–Crippen MR) is 130 cm³/mol. The van der Waals surface area contributed by atoms with Crippen molar-refractivity contribution >= 4 is 0 Å². The van der Waals surface area contributed by atoms with Gasteiger partial charge in [-0.15, -0.1) is 0 Å². The largest absolute Gasteiger partial charge is 0.508 e. The molecule has 0 spiro atoms. The molecule has 0 aliphatic heterocycles. The number of aromatic hydroxyl groups is 1. The molecular formula is C27H27N3O3. The molecule has 5 rings (SSSR count). The Morgan fingerprint density at radius 2 is 1.61 bits per heavy atom. The Labute approximate surface area is 193 Å². The van der Waals surface area contributed by atoms with E-state index < -0.39 is 0 Å². The highest BCUT2D eigenvalue weighted by atomic mass is 16.5. The number of phenolic OH excluding ortho intramolecular Hbond substituents is 1. The Bertz CT molecular complexity index is 1280. The van der Waals surface area contributed by atoms with Gasteiger partial charge in [0, 0.05) is 29.7 Å². The number of aromatic amines is 1. The van der Waals surface area contributed by atoms with Crippen molar-refractivity contribution in [2.75, 3.05) is 34.4 Å². The molecule has 33 heavy (non-hydrogen) atoms. The van der Waals surface area contributed by atoms with E-state index >= 15 is 0 Å². The Kier molecular flexibility index (Phi) is 5.52. The predicted octanol–water partition coefficient (Wildman–Crippen LogP) is 4.97. The number of ether oxygens (including phenoxy) is 2. The average Bonchev–Trinajstić information content (AvgIpc) is 3.38. The minimum Gasteiger partial charge on any atom is -0.508 e. The van der Waals surface area contributed by atoms with Crippen LogP contribution in [0.2, 0.25) is 0 Å². The summed E-state index contributed by atoms with van der Waals surface area (Å²) in [5, 5.41) is 17.4. The second-order valence-corrected chi connectivity index (χ2v) is 8.54. The van der Waals surface area contributed by atoms with Crippen molar-refractivity contribution in [2.24, 2.45) is 0 Å². The van der Waals surface area contributed by atoms with Crippen LogP contribution in [0.1, 0.15) is 11.1 Å². The fraction of sp³-hybridized carbons (Fsp3) is 0.222. The fourth-order valence-electron chi connectivity index (χ4n) is 4.26. The van der Waals surface area contributed by atoms with E-state index in [0.717, 1.165) is 58.1 Å². The van der Waals surface area contributed by atoms with Crippen LogP contribution >= 0.6 is 0 Å². The molecule has 2 N–H and O–H groups in total. The Balaban J connectivity index is 1.43. The summed E-state index contributed by atoms with van der Waals surface area (Å²) in [6, 6.07) is 19.7. The summed E-state index contributed by atoms with van der Waals surface area (Å²) in [7, 11) is 5.73. The van der Waals surface area contributed by atoms with E-state index in [1.165, 1.54) is 11.1 Å². The number of rotatable bonds is 7. The molecule has 6 nitrogen and oxygen atoms in total. The number of H-pyrrole nitrogens is 1. The van der Waals surface area contributed by atoms with E-state index in [-0.39, 0.29) is 5.75 Å². The molecule has 0 bridgehead atoms. The Hall–Kier alpha value is -3.77. The van der Waals surface area contributed by atoms with Gasteiger partial charge >= 0.3 is 0 Å². The standard InChI is InChI=1S/C27H27N3O3/c1-30(2)12-13-33-25-16-22-20(15-24(25)32-3)14-23-26(28-29-27(22)23)19-6-4-17(5-7-19)18-8-10-21(31)11-9-18/h4-11,15-16,31H,12-14H2,1-3H3,(H,28,29). The van der Waals surface area contributed by atoms with Gasteiger partial charge in [0.05, 0.1) is 18.5 Å². The highest BCUT2D eigenvalue weighted by Crippen LogP contribution is 2.44. The molecule has 1 heterocycles. The highest BCUT2D eigenvalue weighted by Gasteiger charge is 2.27. The number of nitrogens with zero attached hydrogens (tertiary/aromatic N) is 2. The molecule has 0 radical (unpaired) electrons. The van der Waals surface area contributed by atoms with E-state index in [0.29, 0.717) is 6.61 Å². The second kappa shape index (κ2) is 8.64. The van der Waals surface area contributed by atoms with Crippen LogP contribution in [-0.4, -0.2) is 54.6 Å².